The quantitative estimate of drug-likeness (QED) is 0.209. The number of nitrogen functional groups attached to an aromatic ring is 1. The van der Waals surface area contributed by atoms with Crippen LogP contribution in [0.4, 0.5) is 16.4 Å². The van der Waals surface area contributed by atoms with Crippen molar-refractivity contribution in [2.75, 3.05) is 69.7 Å². The third-order valence-corrected chi connectivity index (χ3v) is 8.85. The monoisotopic (exact) mass is 693 g/mol. The fourth-order valence-corrected chi connectivity index (χ4v) is 6.51. The number of ether oxygens (including phenoxy) is 1. The number of nitrogens with two attached hydrogens (primary N) is 1. The molecule has 0 spiro atoms. The summed E-state index contributed by atoms with van der Waals surface area (Å²) in [6.45, 7) is 13.6. The van der Waals surface area contributed by atoms with Crippen molar-refractivity contribution in [2.45, 2.75) is 71.1 Å². The van der Waals surface area contributed by atoms with E-state index in [2.05, 4.69) is 47.5 Å². The third kappa shape index (κ3) is 10.4. The Morgan fingerprint density at radius 1 is 1.09 bits per heavy atom. The second-order valence-corrected chi connectivity index (χ2v) is 13.8. The van der Waals surface area contributed by atoms with E-state index >= 15 is 0 Å². The van der Waals surface area contributed by atoms with E-state index in [1.807, 2.05) is 39.0 Å². The largest absolute Gasteiger partial charge is 0.491 e. The number of benzene rings is 1. The van der Waals surface area contributed by atoms with E-state index < -0.39 is 5.91 Å². The van der Waals surface area contributed by atoms with Gasteiger partial charge >= 0.3 is 6.03 Å². The van der Waals surface area contributed by atoms with Gasteiger partial charge in [0.05, 0.1) is 13.2 Å². The van der Waals surface area contributed by atoms with Gasteiger partial charge in [-0.1, -0.05) is 36.2 Å². The van der Waals surface area contributed by atoms with Crippen molar-refractivity contribution in [1.29, 1.82) is 0 Å². The van der Waals surface area contributed by atoms with E-state index in [-0.39, 0.29) is 41.4 Å². The van der Waals surface area contributed by atoms with Crippen molar-refractivity contribution in [1.82, 2.24) is 35.7 Å². The Balaban J connectivity index is 1.29. The number of urea groups is 1. The van der Waals surface area contributed by atoms with Crippen LogP contribution < -0.4 is 31.3 Å². The number of hydrogen-bond acceptors (Lipinski definition) is 10. The number of likely N-dealkylation sites (tertiary alicyclic amines) is 1. The Morgan fingerprint density at radius 2 is 1.83 bits per heavy atom. The Labute approximate surface area is 287 Å². The average molecular weight is 695 g/mol. The molecule has 0 aliphatic carbocycles. The first-order chi connectivity index (χ1) is 22.4. The SMILES string of the molecule is CC[C@H]1CN(c2nc(N)c(C(=O)NCCO)nc2Cl)CCN1C1CCN(Cc2ccc(Cl)cc2OCCNC(=O)NC(C)(C)C)CC1. The lowest BCUT2D eigenvalue weighted by Gasteiger charge is -2.47. The van der Waals surface area contributed by atoms with E-state index in [4.69, 9.17) is 38.8 Å². The molecule has 2 fully saturated rings. The molecule has 0 unspecified atom stereocenters. The number of hydrogen-bond donors (Lipinski definition) is 5. The highest BCUT2D eigenvalue weighted by Crippen LogP contribution is 2.31. The van der Waals surface area contributed by atoms with Gasteiger partial charge in [0, 0.05) is 60.9 Å². The van der Waals surface area contributed by atoms with Gasteiger partial charge in [0.1, 0.15) is 12.4 Å². The van der Waals surface area contributed by atoms with Crippen molar-refractivity contribution in [2.24, 2.45) is 0 Å². The maximum atomic E-state index is 12.3. The Kier molecular flexibility index (Phi) is 13.2. The van der Waals surface area contributed by atoms with Gasteiger partial charge in [-0.3, -0.25) is 14.6 Å². The standard InChI is InChI=1S/C32H49Cl2N9O4/c1-5-23-20-42(29-27(34)38-26(28(35)39-29)30(45)36-10-16-44)14-15-43(23)24-8-12-41(13-9-24)19-21-6-7-22(33)18-25(21)47-17-11-37-31(46)40-32(2,3)4/h6-7,18,23-24,44H,5,8-17,19-20H2,1-4H3,(H2,35,39)(H,36,45)(H2,37,40,46)/t23-/m0/s1. The number of rotatable bonds is 12. The number of amides is 3. The molecule has 47 heavy (non-hydrogen) atoms. The zero-order valence-electron chi connectivity index (χ0n) is 27.8. The molecule has 13 nitrogen and oxygen atoms in total. The van der Waals surface area contributed by atoms with Gasteiger partial charge in [0.25, 0.3) is 5.91 Å². The van der Waals surface area contributed by atoms with Crippen LogP contribution in [0.2, 0.25) is 10.2 Å². The number of anilines is 2. The van der Waals surface area contributed by atoms with Crippen LogP contribution in [-0.4, -0.2) is 113 Å². The molecule has 2 saturated heterocycles. The maximum Gasteiger partial charge on any atom is 0.315 e. The highest BCUT2D eigenvalue weighted by atomic mass is 35.5. The molecule has 3 heterocycles. The van der Waals surface area contributed by atoms with Gasteiger partial charge in [-0.05, 0) is 65.3 Å². The summed E-state index contributed by atoms with van der Waals surface area (Å²) in [6.07, 6.45) is 3.08. The van der Waals surface area contributed by atoms with E-state index in [1.54, 1.807) is 0 Å². The molecular formula is C32H49Cl2N9O4. The lowest BCUT2D eigenvalue weighted by atomic mass is 9.97. The molecule has 2 aliphatic rings. The summed E-state index contributed by atoms with van der Waals surface area (Å²) < 4.78 is 6.06. The van der Waals surface area contributed by atoms with Gasteiger partial charge < -0.3 is 36.4 Å². The number of carbonyl (C=O) groups excluding carboxylic acids is 2. The normalized spacial score (nSPS) is 18.2. The molecule has 0 bridgehead atoms. The second-order valence-electron chi connectivity index (χ2n) is 13.0. The topological polar surface area (TPSA) is 161 Å². The van der Waals surface area contributed by atoms with E-state index in [0.29, 0.717) is 36.1 Å². The minimum absolute atomic E-state index is 0.0112. The number of piperazine rings is 1. The molecular weight excluding hydrogens is 645 g/mol. The number of nitrogens with one attached hydrogen (secondary N) is 3. The van der Waals surface area contributed by atoms with Crippen LogP contribution in [0, 0.1) is 0 Å². The number of aliphatic hydroxyl groups is 1. The Bertz CT molecular complexity index is 1370. The number of carbonyl (C=O) groups is 2. The zero-order valence-corrected chi connectivity index (χ0v) is 29.3. The predicted molar refractivity (Wildman–Crippen MR) is 185 cm³/mol. The van der Waals surface area contributed by atoms with Crippen molar-refractivity contribution in [3.8, 4) is 5.75 Å². The fraction of sp³-hybridized carbons (Fsp3) is 0.625. The Morgan fingerprint density at radius 3 is 2.51 bits per heavy atom. The summed E-state index contributed by atoms with van der Waals surface area (Å²) >= 11 is 12.8. The number of aromatic nitrogens is 2. The van der Waals surface area contributed by atoms with Crippen molar-refractivity contribution in [3.05, 3.63) is 39.6 Å². The number of halogens is 2. The number of aliphatic hydroxyl groups excluding tert-OH is 1. The lowest BCUT2D eigenvalue weighted by molar-refractivity contribution is 0.0608. The summed E-state index contributed by atoms with van der Waals surface area (Å²) in [5.41, 5.74) is 6.82. The van der Waals surface area contributed by atoms with E-state index in [1.165, 1.54) is 0 Å². The van der Waals surface area contributed by atoms with Crippen LogP contribution in [0.25, 0.3) is 0 Å². The molecule has 15 heteroatoms. The van der Waals surface area contributed by atoms with Crippen molar-refractivity contribution >= 4 is 46.8 Å². The van der Waals surface area contributed by atoms with Gasteiger partial charge in [-0.15, -0.1) is 0 Å². The third-order valence-electron chi connectivity index (χ3n) is 8.36. The summed E-state index contributed by atoms with van der Waals surface area (Å²) in [7, 11) is 0. The molecule has 0 radical (unpaired) electrons. The van der Waals surface area contributed by atoms with E-state index in [0.717, 1.165) is 69.8 Å². The van der Waals surface area contributed by atoms with Crippen LogP contribution in [0.15, 0.2) is 18.2 Å². The van der Waals surface area contributed by atoms with E-state index in [9.17, 15) is 9.59 Å². The van der Waals surface area contributed by atoms with Crippen molar-refractivity contribution in [3.63, 3.8) is 0 Å². The first kappa shape index (κ1) is 36.7. The minimum Gasteiger partial charge on any atom is -0.491 e. The summed E-state index contributed by atoms with van der Waals surface area (Å²) in [6, 6.07) is 6.30. The minimum atomic E-state index is -0.519. The summed E-state index contributed by atoms with van der Waals surface area (Å²) in [5, 5.41) is 18.0. The van der Waals surface area contributed by atoms with Gasteiger partial charge in [-0.2, -0.15) is 0 Å². The average Bonchev–Trinajstić information content (AvgIpc) is 3.03. The second kappa shape index (κ2) is 16.8. The van der Waals surface area contributed by atoms with Gasteiger partial charge in [0.2, 0.25) is 0 Å². The molecule has 2 aromatic rings. The molecule has 6 N–H and O–H groups in total. The first-order valence-electron chi connectivity index (χ1n) is 16.3. The molecule has 4 rings (SSSR count). The highest BCUT2D eigenvalue weighted by molar-refractivity contribution is 6.32. The molecule has 0 saturated carbocycles. The lowest BCUT2D eigenvalue weighted by Crippen LogP contribution is -2.58. The first-order valence-corrected chi connectivity index (χ1v) is 17.1. The maximum absolute atomic E-state index is 12.3. The molecule has 1 atom stereocenters. The smallest absolute Gasteiger partial charge is 0.315 e. The molecule has 3 amide bonds. The molecule has 2 aliphatic heterocycles. The van der Waals surface area contributed by atoms with Gasteiger partial charge in [-0.25, -0.2) is 14.8 Å². The van der Waals surface area contributed by atoms with Gasteiger partial charge in [0.15, 0.2) is 22.5 Å². The Hall–Kier alpha value is -3.10. The zero-order chi connectivity index (χ0) is 34.1. The number of piperidine rings is 1. The molecule has 1 aromatic heterocycles. The molecule has 1 aromatic carbocycles. The van der Waals surface area contributed by atoms with Crippen LogP contribution >= 0.6 is 23.2 Å². The van der Waals surface area contributed by atoms with Crippen LogP contribution in [0.1, 0.15) is 63.0 Å². The van der Waals surface area contributed by atoms with Crippen molar-refractivity contribution < 1.29 is 19.4 Å². The highest BCUT2D eigenvalue weighted by Gasteiger charge is 2.34. The fourth-order valence-electron chi connectivity index (χ4n) is 6.10. The number of nitrogens with zero attached hydrogens (tertiary/aromatic N) is 5. The predicted octanol–water partition coefficient (Wildman–Crippen LogP) is 3.13. The van der Waals surface area contributed by atoms with Crippen LogP contribution in [-0.2, 0) is 6.54 Å². The summed E-state index contributed by atoms with van der Waals surface area (Å²) in [4.78, 5) is 40.3. The molecule has 260 valence electrons. The van der Waals surface area contributed by atoms with Crippen LogP contribution in [0.3, 0.4) is 0 Å². The van der Waals surface area contributed by atoms with Crippen LogP contribution in [0.5, 0.6) is 5.75 Å². The summed E-state index contributed by atoms with van der Waals surface area (Å²) in [5.74, 6) is 0.716.